The van der Waals surface area contributed by atoms with Crippen molar-refractivity contribution >= 4 is 17.7 Å². The Morgan fingerprint density at radius 3 is 2.64 bits per heavy atom. The van der Waals surface area contributed by atoms with Crippen molar-refractivity contribution in [1.29, 1.82) is 0 Å². The first-order valence-electron chi connectivity index (χ1n) is 4.82. The first-order chi connectivity index (χ1) is 6.57. The lowest BCUT2D eigenvalue weighted by Crippen LogP contribution is -2.32. The Morgan fingerprint density at radius 2 is 2.14 bits per heavy atom. The van der Waals surface area contributed by atoms with Gasteiger partial charge in [-0.2, -0.15) is 11.8 Å². The van der Waals surface area contributed by atoms with Gasteiger partial charge < -0.3 is 15.9 Å². The Labute approximate surface area is 88.9 Å². The zero-order chi connectivity index (χ0) is 11.0. The molecule has 0 heterocycles. The van der Waals surface area contributed by atoms with Gasteiger partial charge in [-0.1, -0.05) is 13.3 Å². The summed E-state index contributed by atoms with van der Waals surface area (Å²) in [5, 5.41) is 17.8. The van der Waals surface area contributed by atoms with E-state index in [9.17, 15) is 9.90 Å². The number of carboxylic acids is 1. The van der Waals surface area contributed by atoms with Crippen LogP contribution in [0.5, 0.6) is 0 Å². The standard InChI is InChI=1S/C9H19NO3S/c1-2-3-7(11)4-5-14-6-8(10)9(12)13/h7-8,11H,2-6,10H2,1H3,(H,12,13)/t7?,8-/m0/s1. The molecule has 0 fully saturated rings. The van der Waals surface area contributed by atoms with Crippen molar-refractivity contribution in [2.75, 3.05) is 11.5 Å². The molecule has 0 aromatic rings. The van der Waals surface area contributed by atoms with E-state index in [4.69, 9.17) is 10.8 Å². The minimum absolute atomic E-state index is 0.256. The lowest BCUT2D eigenvalue weighted by atomic mass is 10.2. The average molecular weight is 221 g/mol. The van der Waals surface area contributed by atoms with E-state index < -0.39 is 12.0 Å². The highest BCUT2D eigenvalue weighted by molar-refractivity contribution is 7.99. The summed E-state index contributed by atoms with van der Waals surface area (Å²) in [5.74, 6) is 0.211. The SMILES string of the molecule is CCCC(O)CCSC[C@H](N)C(=O)O. The first kappa shape index (κ1) is 13.7. The normalized spacial score (nSPS) is 15.1. The zero-order valence-corrected chi connectivity index (χ0v) is 9.30. The maximum absolute atomic E-state index is 10.3. The van der Waals surface area contributed by atoms with Crippen molar-refractivity contribution in [3.05, 3.63) is 0 Å². The fourth-order valence-electron chi connectivity index (χ4n) is 0.979. The molecule has 0 bridgehead atoms. The molecule has 0 saturated heterocycles. The van der Waals surface area contributed by atoms with Crippen LogP contribution in [0.25, 0.3) is 0 Å². The maximum Gasteiger partial charge on any atom is 0.321 e. The molecule has 0 spiro atoms. The van der Waals surface area contributed by atoms with Crippen LogP contribution in [0.4, 0.5) is 0 Å². The molecule has 5 heteroatoms. The van der Waals surface area contributed by atoms with Gasteiger partial charge in [-0.3, -0.25) is 4.79 Å². The number of nitrogens with two attached hydrogens (primary N) is 1. The molecule has 4 nitrogen and oxygen atoms in total. The number of carboxylic acid groups (broad SMARTS) is 1. The van der Waals surface area contributed by atoms with Crippen molar-refractivity contribution in [3.63, 3.8) is 0 Å². The highest BCUT2D eigenvalue weighted by Crippen LogP contribution is 2.09. The van der Waals surface area contributed by atoms with E-state index in [0.29, 0.717) is 12.2 Å². The second kappa shape index (κ2) is 8.08. The number of aliphatic hydroxyl groups excluding tert-OH is 1. The van der Waals surface area contributed by atoms with E-state index in [0.717, 1.165) is 18.6 Å². The predicted octanol–water partition coefficient (Wildman–Crippen LogP) is 0.683. The van der Waals surface area contributed by atoms with E-state index in [2.05, 4.69) is 0 Å². The molecule has 0 saturated carbocycles. The second-order valence-corrected chi connectivity index (χ2v) is 4.40. The van der Waals surface area contributed by atoms with Crippen molar-refractivity contribution in [1.82, 2.24) is 0 Å². The van der Waals surface area contributed by atoms with Gasteiger partial charge in [-0.25, -0.2) is 0 Å². The Balaban J connectivity index is 3.33. The van der Waals surface area contributed by atoms with Gasteiger partial charge in [0.1, 0.15) is 6.04 Å². The third kappa shape index (κ3) is 7.17. The number of aliphatic carboxylic acids is 1. The summed E-state index contributed by atoms with van der Waals surface area (Å²) in [4.78, 5) is 10.3. The number of carbonyl (C=O) groups is 1. The third-order valence-corrected chi connectivity index (χ3v) is 2.95. The molecule has 84 valence electrons. The van der Waals surface area contributed by atoms with Crippen LogP contribution >= 0.6 is 11.8 Å². The number of hydrogen-bond acceptors (Lipinski definition) is 4. The molecule has 0 aromatic heterocycles. The van der Waals surface area contributed by atoms with Gasteiger partial charge in [0.2, 0.25) is 0 Å². The highest BCUT2D eigenvalue weighted by atomic mass is 32.2. The Hall–Kier alpha value is -0.260. The lowest BCUT2D eigenvalue weighted by molar-refractivity contribution is -0.137. The number of hydrogen-bond donors (Lipinski definition) is 3. The lowest BCUT2D eigenvalue weighted by Gasteiger charge is -2.09. The van der Waals surface area contributed by atoms with Crippen molar-refractivity contribution < 1.29 is 15.0 Å². The summed E-state index contributed by atoms with van der Waals surface area (Å²) < 4.78 is 0. The molecule has 0 rings (SSSR count). The van der Waals surface area contributed by atoms with Gasteiger partial charge in [0.05, 0.1) is 6.10 Å². The Morgan fingerprint density at radius 1 is 1.50 bits per heavy atom. The van der Waals surface area contributed by atoms with Gasteiger partial charge in [0.25, 0.3) is 0 Å². The zero-order valence-electron chi connectivity index (χ0n) is 8.48. The number of rotatable bonds is 8. The summed E-state index contributed by atoms with van der Waals surface area (Å²) in [6.07, 6.45) is 2.24. The second-order valence-electron chi connectivity index (χ2n) is 3.25. The first-order valence-corrected chi connectivity index (χ1v) is 5.97. The maximum atomic E-state index is 10.3. The van der Waals surface area contributed by atoms with Crippen LogP contribution in [0.15, 0.2) is 0 Å². The summed E-state index contributed by atoms with van der Waals surface area (Å²) in [6, 6.07) is -0.789. The molecule has 0 aliphatic carbocycles. The van der Waals surface area contributed by atoms with Gasteiger partial charge in [0.15, 0.2) is 0 Å². The Bertz CT molecular complexity index is 166. The molecular weight excluding hydrogens is 202 g/mol. The molecule has 0 aliphatic rings. The monoisotopic (exact) mass is 221 g/mol. The van der Waals surface area contributed by atoms with Gasteiger partial charge >= 0.3 is 5.97 Å². The predicted molar refractivity (Wildman–Crippen MR) is 58.5 cm³/mol. The third-order valence-electron chi connectivity index (χ3n) is 1.83. The molecule has 0 aromatic carbocycles. The van der Waals surface area contributed by atoms with Crippen LogP contribution in [-0.2, 0) is 4.79 Å². The Kier molecular flexibility index (Phi) is 7.93. The van der Waals surface area contributed by atoms with E-state index in [1.54, 1.807) is 0 Å². The van der Waals surface area contributed by atoms with Crippen molar-refractivity contribution in [2.24, 2.45) is 5.73 Å². The van der Waals surface area contributed by atoms with Crippen LogP contribution in [0.1, 0.15) is 26.2 Å². The molecule has 0 aliphatic heterocycles. The van der Waals surface area contributed by atoms with Crippen LogP contribution < -0.4 is 5.73 Å². The van der Waals surface area contributed by atoms with Crippen molar-refractivity contribution in [2.45, 2.75) is 38.3 Å². The van der Waals surface area contributed by atoms with Gasteiger partial charge in [-0.05, 0) is 18.6 Å². The van der Waals surface area contributed by atoms with Crippen LogP contribution in [-0.4, -0.2) is 39.8 Å². The van der Waals surface area contributed by atoms with Gasteiger partial charge in [0, 0.05) is 5.75 Å². The minimum Gasteiger partial charge on any atom is -0.480 e. The van der Waals surface area contributed by atoms with E-state index >= 15 is 0 Å². The molecular formula is C9H19NO3S. The van der Waals surface area contributed by atoms with Crippen molar-refractivity contribution in [3.8, 4) is 0 Å². The van der Waals surface area contributed by atoms with Crippen LogP contribution in [0.3, 0.4) is 0 Å². The molecule has 14 heavy (non-hydrogen) atoms. The smallest absolute Gasteiger partial charge is 0.321 e. The highest BCUT2D eigenvalue weighted by Gasteiger charge is 2.11. The fourth-order valence-corrected chi connectivity index (χ4v) is 1.98. The summed E-state index contributed by atoms with van der Waals surface area (Å²) in [7, 11) is 0. The minimum atomic E-state index is -0.966. The summed E-state index contributed by atoms with van der Waals surface area (Å²) in [5.41, 5.74) is 5.31. The van der Waals surface area contributed by atoms with E-state index in [1.165, 1.54) is 11.8 Å². The largest absolute Gasteiger partial charge is 0.480 e. The van der Waals surface area contributed by atoms with Gasteiger partial charge in [-0.15, -0.1) is 0 Å². The quantitative estimate of drug-likeness (QED) is 0.525. The van der Waals surface area contributed by atoms with Crippen LogP contribution in [0, 0.1) is 0 Å². The molecule has 1 unspecified atom stereocenters. The summed E-state index contributed by atoms with van der Waals surface area (Å²) >= 11 is 1.48. The number of thioether (sulfide) groups is 1. The molecule has 0 amide bonds. The molecule has 2 atom stereocenters. The average Bonchev–Trinajstić information content (AvgIpc) is 2.12. The molecule has 0 radical (unpaired) electrons. The fraction of sp³-hybridized carbons (Fsp3) is 0.889. The van der Waals surface area contributed by atoms with E-state index in [1.807, 2.05) is 6.92 Å². The van der Waals surface area contributed by atoms with E-state index in [-0.39, 0.29) is 6.10 Å². The number of aliphatic hydroxyl groups is 1. The summed E-state index contributed by atoms with van der Waals surface area (Å²) in [6.45, 7) is 2.02. The van der Waals surface area contributed by atoms with Crippen LogP contribution in [0.2, 0.25) is 0 Å². The molecule has 4 N–H and O–H groups in total. The topological polar surface area (TPSA) is 83.5 Å².